The quantitative estimate of drug-likeness (QED) is 0.682. The summed E-state index contributed by atoms with van der Waals surface area (Å²) in [4.78, 5) is 26.2. The van der Waals surface area contributed by atoms with Crippen molar-refractivity contribution in [3.8, 4) is 0 Å². The van der Waals surface area contributed by atoms with Crippen LogP contribution < -0.4 is 10.6 Å². The highest BCUT2D eigenvalue weighted by atomic mass is 35.5. The molecule has 8 heteroatoms. The number of benzene rings is 2. The van der Waals surface area contributed by atoms with Gasteiger partial charge in [0.25, 0.3) is 0 Å². The summed E-state index contributed by atoms with van der Waals surface area (Å²) >= 11 is 17.9. The van der Waals surface area contributed by atoms with E-state index in [1.165, 1.54) is 12.1 Å². The van der Waals surface area contributed by atoms with Crippen molar-refractivity contribution in [2.45, 2.75) is 13.0 Å². The van der Waals surface area contributed by atoms with Gasteiger partial charge in [-0.25, -0.2) is 0 Å². The van der Waals surface area contributed by atoms with Gasteiger partial charge in [0.1, 0.15) is 0 Å². The minimum atomic E-state index is -0.568. The first kappa shape index (κ1) is 20.5. The maximum atomic E-state index is 12.4. The molecule has 0 fully saturated rings. The molecule has 0 spiro atoms. The number of rotatable bonds is 6. The van der Waals surface area contributed by atoms with E-state index in [9.17, 15) is 9.59 Å². The van der Waals surface area contributed by atoms with Crippen molar-refractivity contribution in [1.29, 1.82) is 0 Å². The zero-order chi connectivity index (χ0) is 19.3. The Balaban J connectivity index is 1.94. The molecule has 138 valence electrons. The third kappa shape index (κ3) is 5.61. The molecule has 0 aliphatic carbocycles. The molecule has 0 heterocycles. The van der Waals surface area contributed by atoms with Crippen LogP contribution in [0.3, 0.4) is 0 Å². The number of hydrogen-bond acceptors (Lipinski definition) is 3. The van der Waals surface area contributed by atoms with Crippen molar-refractivity contribution in [2.75, 3.05) is 24.2 Å². The predicted octanol–water partition coefficient (Wildman–Crippen LogP) is 4.54. The van der Waals surface area contributed by atoms with Crippen LogP contribution in [-0.2, 0) is 9.59 Å². The second-order valence-electron chi connectivity index (χ2n) is 5.74. The van der Waals surface area contributed by atoms with Crippen molar-refractivity contribution in [1.82, 2.24) is 4.90 Å². The lowest BCUT2D eigenvalue weighted by atomic mass is 10.2. The molecule has 1 atom stereocenters. The fourth-order valence-electron chi connectivity index (χ4n) is 2.14. The third-order valence-electron chi connectivity index (χ3n) is 3.76. The molecule has 2 N–H and O–H groups in total. The Morgan fingerprint density at radius 3 is 2.27 bits per heavy atom. The highest BCUT2D eigenvalue weighted by Gasteiger charge is 2.21. The van der Waals surface area contributed by atoms with Crippen LogP contribution in [0.1, 0.15) is 6.92 Å². The van der Waals surface area contributed by atoms with Crippen LogP contribution >= 0.6 is 34.8 Å². The summed E-state index contributed by atoms with van der Waals surface area (Å²) in [6.07, 6.45) is 0. The van der Waals surface area contributed by atoms with E-state index in [0.29, 0.717) is 16.4 Å². The highest BCUT2D eigenvalue weighted by molar-refractivity contribution is 6.44. The molecule has 2 aromatic rings. The van der Waals surface area contributed by atoms with E-state index in [4.69, 9.17) is 34.8 Å². The van der Waals surface area contributed by atoms with Gasteiger partial charge in [0.15, 0.2) is 0 Å². The topological polar surface area (TPSA) is 61.4 Å². The number of anilines is 2. The minimum absolute atomic E-state index is 0.0542. The largest absolute Gasteiger partial charge is 0.325 e. The van der Waals surface area contributed by atoms with Crippen LogP contribution in [0.5, 0.6) is 0 Å². The Hall–Kier alpha value is -1.79. The van der Waals surface area contributed by atoms with Crippen molar-refractivity contribution in [3.63, 3.8) is 0 Å². The molecule has 0 aromatic heterocycles. The highest BCUT2D eigenvalue weighted by Crippen LogP contribution is 2.32. The van der Waals surface area contributed by atoms with E-state index in [-0.39, 0.29) is 28.4 Å². The molecule has 0 radical (unpaired) electrons. The van der Waals surface area contributed by atoms with Gasteiger partial charge in [-0.05, 0) is 38.2 Å². The van der Waals surface area contributed by atoms with Gasteiger partial charge in [0, 0.05) is 5.69 Å². The molecule has 0 aliphatic rings. The summed E-state index contributed by atoms with van der Waals surface area (Å²) in [7, 11) is 1.69. The molecular weight excluding hydrogens is 397 g/mol. The Morgan fingerprint density at radius 2 is 1.62 bits per heavy atom. The van der Waals surface area contributed by atoms with Crippen LogP contribution in [0.4, 0.5) is 11.4 Å². The molecule has 26 heavy (non-hydrogen) atoms. The molecule has 2 rings (SSSR count). The van der Waals surface area contributed by atoms with Crippen molar-refractivity contribution in [2.24, 2.45) is 0 Å². The second-order valence-corrected chi connectivity index (χ2v) is 6.96. The van der Waals surface area contributed by atoms with Gasteiger partial charge in [0.05, 0.1) is 33.3 Å². The Morgan fingerprint density at radius 1 is 1.00 bits per heavy atom. The van der Waals surface area contributed by atoms with E-state index in [1.54, 1.807) is 31.0 Å². The Bertz CT molecular complexity index is 800. The van der Waals surface area contributed by atoms with Gasteiger partial charge in [-0.1, -0.05) is 53.0 Å². The maximum absolute atomic E-state index is 12.4. The molecule has 2 aromatic carbocycles. The molecule has 2 amide bonds. The van der Waals surface area contributed by atoms with E-state index in [0.717, 1.165) is 0 Å². The zero-order valence-corrected chi connectivity index (χ0v) is 16.5. The lowest BCUT2D eigenvalue weighted by Gasteiger charge is -2.23. The summed E-state index contributed by atoms with van der Waals surface area (Å²) in [5.41, 5.74) is 1.06. The van der Waals surface area contributed by atoms with Gasteiger partial charge in [-0.2, -0.15) is 0 Å². The third-order valence-corrected chi connectivity index (χ3v) is 4.79. The summed E-state index contributed by atoms with van der Waals surface area (Å²) in [6.45, 7) is 1.75. The molecule has 0 aliphatic heterocycles. The van der Waals surface area contributed by atoms with Gasteiger partial charge in [-0.15, -0.1) is 0 Å². The van der Waals surface area contributed by atoms with E-state index in [1.807, 2.05) is 18.2 Å². The van der Waals surface area contributed by atoms with E-state index < -0.39 is 6.04 Å². The molecular formula is C18H18Cl3N3O2. The fourth-order valence-corrected chi connectivity index (χ4v) is 2.74. The number of hydrogen-bond donors (Lipinski definition) is 2. The number of carbonyl (C=O) groups excluding carboxylic acids is 2. The Kier molecular flexibility index (Phi) is 7.29. The van der Waals surface area contributed by atoms with Crippen LogP contribution in [0.25, 0.3) is 0 Å². The average Bonchev–Trinajstić information content (AvgIpc) is 2.59. The number of likely N-dealkylation sites (N-methyl/N-ethyl adjacent to an activating group) is 1. The molecule has 0 bridgehead atoms. The number of carbonyl (C=O) groups is 2. The lowest BCUT2D eigenvalue weighted by Crippen LogP contribution is -2.43. The number of nitrogens with one attached hydrogen (secondary N) is 2. The van der Waals surface area contributed by atoms with Crippen molar-refractivity contribution in [3.05, 3.63) is 57.5 Å². The van der Waals surface area contributed by atoms with Crippen LogP contribution in [0.15, 0.2) is 42.5 Å². The first-order chi connectivity index (χ1) is 12.3. The maximum Gasteiger partial charge on any atom is 0.241 e. The summed E-state index contributed by atoms with van der Waals surface area (Å²) in [5, 5.41) is 6.34. The first-order valence-corrected chi connectivity index (χ1v) is 8.92. The average molecular weight is 415 g/mol. The monoisotopic (exact) mass is 413 g/mol. The van der Waals surface area contributed by atoms with Crippen LogP contribution in [0, 0.1) is 0 Å². The van der Waals surface area contributed by atoms with Gasteiger partial charge < -0.3 is 10.6 Å². The Labute approximate surface area is 167 Å². The summed E-state index contributed by atoms with van der Waals surface area (Å²) in [6, 6.07) is 11.5. The smallest absolute Gasteiger partial charge is 0.241 e. The number of nitrogens with zero attached hydrogens (tertiary/aromatic N) is 1. The second kappa shape index (κ2) is 9.24. The van der Waals surface area contributed by atoms with Crippen molar-refractivity contribution >= 4 is 58.0 Å². The van der Waals surface area contributed by atoms with Gasteiger partial charge in [-0.3, -0.25) is 14.5 Å². The normalized spacial score (nSPS) is 11.9. The van der Waals surface area contributed by atoms with Crippen molar-refractivity contribution < 1.29 is 9.59 Å². The molecule has 0 saturated heterocycles. The van der Waals surface area contributed by atoms with Crippen LogP contribution in [0.2, 0.25) is 15.1 Å². The zero-order valence-electron chi connectivity index (χ0n) is 14.2. The number of amides is 2. The van der Waals surface area contributed by atoms with Gasteiger partial charge >= 0.3 is 0 Å². The standard InChI is InChI=1S/C18H18Cl3N3O2/c1-11(18(26)23-16-9-14(20)13(19)8-15(16)21)24(2)10-17(25)22-12-6-4-3-5-7-12/h3-9,11H,10H2,1-2H3,(H,22,25)(H,23,26). The molecule has 0 saturated carbocycles. The SMILES string of the molecule is CC(C(=O)Nc1cc(Cl)c(Cl)cc1Cl)N(C)CC(=O)Nc1ccccc1. The summed E-state index contributed by atoms with van der Waals surface area (Å²) < 4.78 is 0. The minimum Gasteiger partial charge on any atom is -0.325 e. The van der Waals surface area contributed by atoms with E-state index >= 15 is 0 Å². The first-order valence-electron chi connectivity index (χ1n) is 7.78. The predicted molar refractivity (Wildman–Crippen MR) is 107 cm³/mol. The van der Waals surface area contributed by atoms with Crippen LogP contribution in [-0.4, -0.2) is 36.3 Å². The number of para-hydroxylation sites is 1. The lowest BCUT2D eigenvalue weighted by molar-refractivity contribution is -0.122. The molecule has 5 nitrogen and oxygen atoms in total. The number of halogens is 3. The van der Waals surface area contributed by atoms with Gasteiger partial charge in [0.2, 0.25) is 11.8 Å². The fraction of sp³-hybridized carbons (Fsp3) is 0.222. The molecule has 1 unspecified atom stereocenters. The van der Waals surface area contributed by atoms with E-state index in [2.05, 4.69) is 10.6 Å². The summed E-state index contributed by atoms with van der Waals surface area (Å²) in [5.74, 6) is -0.536.